The minimum atomic E-state index is -1.07. The molecule has 0 saturated carbocycles. The fourth-order valence-electron chi connectivity index (χ4n) is 2.23. The number of fused-ring (bicyclic) bond motifs is 1. The van der Waals surface area contributed by atoms with Crippen LogP contribution in [0.4, 0.5) is 4.79 Å². The molecule has 0 aliphatic carbocycles. The van der Waals surface area contributed by atoms with Crippen LogP contribution >= 0.6 is 0 Å². The van der Waals surface area contributed by atoms with Crippen LogP contribution in [-0.4, -0.2) is 23.0 Å². The lowest BCUT2D eigenvalue weighted by Gasteiger charge is -2.12. The molecule has 1 aliphatic heterocycles. The Labute approximate surface area is 126 Å². The number of nitrogens with zero attached hydrogens (tertiary/aromatic N) is 1. The van der Waals surface area contributed by atoms with Gasteiger partial charge in [0.25, 0.3) is 11.8 Å². The summed E-state index contributed by atoms with van der Waals surface area (Å²) in [6.07, 6.45) is -0.968. The fourth-order valence-corrected chi connectivity index (χ4v) is 2.23. The molecule has 2 amide bonds. The van der Waals surface area contributed by atoms with E-state index >= 15 is 0 Å². The zero-order valence-electron chi connectivity index (χ0n) is 11.7. The van der Waals surface area contributed by atoms with Crippen LogP contribution < -0.4 is 0 Å². The molecular formula is C16H13NO5. The zero-order valence-corrected chi connectivity index (χ0v) is 11.7. The van der Waals surface area contributed by atoms with E-state index in [1.807, 2.05) is 42.5 Å². The summed E-state index contributed by atoms with van der Waals surface area (Å²) in [5, 5.41) is 2.58. The molecule has 1 fully saturated rings. The maximum Gasteiger partial charge on any atom is 0.534 e. The minimum absolute atomic E-state index is 0.000111. The Morgan fingerprint density at radius 2 is 1.68 bits per heavy atom. The highest BCUT2D eigenvalue weighted by atomic mass is 16.8. The van der Waals surface area contributed by atoms with Crippen LogP contribution in [-0.2, 0) is 25.8 Å². The first-order valence-electron chi connectivity index (χ1n) is 6.82. The molecule has 6 nitrogen and oxygen atoms in total. The van der Waals surface area contributed by atoms with Gasteiger partial charge < -0.3 is 4.74 Å². The van der Waals surface area contributed by atoms with Crippen molar-refractivity contribution in [2.45, 2.75) is 19.4 Å². The lowest BCUT2D eigenvalue weighted by Crippen LogP contribution is -2.32. The quantitative estimate of drug-likeness (QED) is 0.643. The van der Waals surface area contributed by atoms with Crippen molar-refractivity contribution in [1.29, 1.82) is 0 Å². The van der Waals surface area contributed by atoms with Crippen LogP contribution in [0.2, 0.25) is 0 Å². The first-order valence-corrected chi connectivity index (χ1v) is 6.82. The van der Waals surface area contributed by atoms with Gasteiger partial charge in [-0.25, -0.2) is 4.79 Å². The van der Waals surface area contributed by atoms with Gasteiger partial charge in [0.05, 0.1) is 0 Å². The number of carbonyl (C=O) groups is 3. The van der Waals surface area contributed by atoms with Gasteiger partial charge in [-0.2, -0.15) is 0 Å². The molecule has 0 unspecified atom stereocenters. The predicted octanol–water partition coefficient (Wildman–Crippen LogP) is 2.56. The topological polar surface area (TPSA) is 72.9 Å². The van der Waals surface area contributed by atoms with E-state index in [-0.39, 0.29) is 19.4 Å². The lowest BCUT2D eigenvalue weighted by atomic mass is 10.1. The van der Waals surface area contributed by atoms with Crippen molar-refractivity contribution in [3.63, 3.8) is 0 Å². The number of rotatable bonds is 3. The Kier molecular flexibility index (Phi) is 3.74. The number of hydroxylamine groups is 2. The summed E-state index contributed by atoms with van der Waals surface area (Å²) in [5.41, 5.74) is 0.787. The highest BCUT2D eigenvalue weighted by Crippen LogP contribution is 2.17. The maximum absolute atomic E-state index is 11.5. The highest BCUT2D eigenvalue weighted by molar-refractivity contribution is 6.01. The van der Waals surface area contributed by atoms with Crippen molar-refractivity contribution in [3.05, 3.63) is 48.0 Å². The van der Waals surface area contributed by atoms with Crippen LogP contribution in [0.3, 0.4) is 0 Å². The van der Waals surface area contributed by atoms with E-state index in [4.69, 9.17) is 4.74 Å². The average molecular weight is 299 g/mol. The van der Waals surface area contributed by atoms with Gasteiger partial charge in [0.15, 0.2) is 0 Å². The average Bonchev–Trinajstić information content (AvgIpc) is 2.84. The number of carbonyl (C=O) groups excluding carboxylic acids is 3. The number of hydrogen-bond donors (Lipinski definition) is 0. The van der Waals surface area contributed by atoms with Gasteiger partial charge in [-0.15, -0.1) is 0 Å². The Morgan fingerprint density at radius 1 is 1.00 bits per heavy atom. The van der Waals surface area contributed by atoms with Crippen molar-refractivity contribution in [3.8, 4) is 0 Å². The molecule has 1 saturated heterocycles. The molecule has 3 rings (SSSR count). The number of benzene rings is 2. The van der Waals surface area contributed by atoms with Gasteiger partial charge in [-0.1, -0.05) is 41.5 Å². The Morgan fingerprint density at radius 3 is 2.41 bits per heavy atom. The van der Waals surface area contributed by atoms with E-state index in [9.17, 15) is 14.4 Å². The number of amides is 2. The third kappa shape index (κ3) is 2.90. The molecule has 6 heteroatoms. The van der Waals surface area contributed by atoms with Gasteiger partial charge in [0, 0.05) is 12.8 Å². The third-order valence-electron chi connectivity index (χ3n) is 3.34. The molecule has 0 spiro atoms. The largest absolute Gasteiger partial charge is 0.534 e. The second-order valence-electron chi connectivity index (χ2n) is 4.89. The fraction of sp³-hybridized carbons (Fsp3) is 0.188. The number of imide groups is 1. The van der Waals surface area contributed by atoms with Crippen LogP contribution in [0.25, 0.3) is 10.8 Å². The van der Waals surface area contributed by atoms with Crippen molar-refractivity contribution < 1.29 is 24.0 Å². The summed E-state index contributed by atoms with van der Waals surface area (Å²) in [6.45, 7) is -0.000111. The van der Waals surface area contributed by atoms with Gasteiger partial charge in [-0.3, -0.25) is 14.4 Å². The van der Waals surface area contributed by atoms with Crippen LogP contribution in [0, 0.1) is 0 Å². The first-order chi connectivity index (χ1) is 10.6. The van der Waals surface area contributed by atoms with Crippen LogP contribution in [0.15, 0.2) is 42.5 Å². The summed E-state index contributed by atoms with van der Waals surface area (Å²) < 4.78 is 4.93. The molecule has 0 radical (unpaired) electrons. The van der Waals surface area contributed by atoms with Crippen LogP contribution in [0.5, 0.6) is 0 Å². The Hall–Kier alpha value is -2.89. The molecule has 1 heterocycles. The van der Waals surface area contributed by atoms with Gasteiger partial charge in [-0.05, 0) is 22.4 Å². The summed E-state index contributed by atoms with van der Waals surface area (Å²) in [6, 6.07) is 13.5. The monoisotopic (exact) mass is 299 g/mol. The van der Waals surface area contributed by atoms with E-state index in [0.29, 0.717) is 5.06 Å². The Bertz CT molecular complexity index is 739. The lowest BCUT2D eigenvalue weighted by molar-refractivity contribution is -0.177. The molecule has 1 aliphatic rings. The van der Waals surface area contributed by atoms with E-state index in [0.717, 1.165) is 16.3 Å². The molecule has 0 bridgehead atoms. The summed E-state index contributed by atoms with van der Waals surface area (Å²) >= 11 is 0. The molecule has 112 valence electrons. The van der Waals surface area contributed by atoms with E-state index in [2.05, 4.69) is 4.84 Å². The number of hydrogen-bond acceptors (Lipinski definition) is 5. The summed E-state index contributed by atoms with van der Waals surface area (Å²) in [4.78, 5) is 38.8. The molecule has 2 aromatic rings. The third-order valence-corrected chi connectivity index (χ3v) is 3.34. The van der Waals surface area contributed by atoms with Crippen molar-refractivity contribution in [1.82, 2.24) is 5.06 Å². The normalized spacial score (nSPS) is 14.5. The van der Waals surface area contributed by atoms with E-state index < -0.39 is 18.0 Å². The summed E-state index contributed by atoms with van der Waals surface area (Å²) in [5.74, 6) is -1.07. The number of ether oxygens (including phenoxy) is 1. The summed E-state index contributed by atoms with van der Waals surface area (Å²) in [7, 11) is 0. The SMILES string of the molecule is O=C(OCc1ccc2ccccc2c1)ON1C(=O)CCC1=O. The van der Waals surface area contributed by atoms with Crippen molar-refractivity contribution >= 4 is 28.7 Å². The Balaban J connectivity index is 1.60. The molecule has 0 aromatic heterocycles. The van der Waals surface area contributed by atoms with Gasteiger partial charge in [0.2, 0.25) is 0 Å². The van der Waals surface area contributed by atoms with E-state index in [1.165, 1.54) is 0 Å². The second-order valence-corrected chi connectivity index (χ2v) is 4.89. The molecule has 22 heavy (non-hydrogen) atoms. The first kappa shape index (κ1) is 14.1. The predicted molar refractivity (Wildman–Crippen MR) is 76.3 cm³/mol. The molecular weight excluding hydrogens is 286 g/mol. The second kappa shape index (κ2) is 5.85. The van der Waals surface area contributed by atoms with Gasteiger partial charge >= 0.3 is 6.16 Å². The van der Waals surface area contributed by atoms with Crippen LogP contribution in [0.1, 0.15) is 18.4 Å². The molecule has 0 N–H and O–H groups in total. The molecule has 2 aromatic carbocycles. The smallest absolute Gasteiger partial charge is 0.428 e. The standard InChI is InChI=1S/C16H13NO5/c18-14-7-8-15(19)17(14)22-16(20)21-10-11-5-6-12-3-1-2-4-13(12)9-11/h1-6,9H,7-8,10H2. The van der Waals surface area contributed by atoms with Crippen molar-refractivity contribution in [2.75, 3.05) is 0 Å². The van der Waals surface area contributed by atoms with Crippen molar-refractivity contribution in [2.24, 2.45) is 0 Å². The maximum atomic E-state index is 11.5. The minimum Gasteiger partial charge on any atom is -0.428 e. The highest BCUT2D eigenvalue weighted by Gasteiger charge is 2.33. The van der Waals surface area contributed by atoms with E-state index in [1.54, 1.807) is 0 Å². The van der Waals surface area contributed by atoms with Gasteiger partial charge in [0.1, 0.15) is 6.61 Å². The zero-order chi connectivity index (χ0) is 15.5. The molecule has 0 atom stereocenters.